The summed E-state index contributed by atoms with van der Waals surface area (Å²) in [5.74, 6) is -1.27. The second kappa shape index (κ2) is 15.7. The van der Waals surface area contributed by atoms with Gasteiger partial charge in [0.25, 0.3) is 10.0 Å². The fraction of sp³-hybridized carbons (Fsp3) is 0.278. The number of aryl methyl sites for hydroxylation is 1. The molecule has 0 aliphatic heterocycles. The molecule has 4 rings (SSSR count). The Morgan fingerprint density at radius 3 is 2.06 bits per heavy atom. The first kappa shape index (κ1) is 36.5. The standard InChI is InChI=1S/C36H37ClF3N3O4S/c1-4-26(3)41-35(45)33(21-27-11-7-5-8-12-27)42(23-28-17-15-25(2)16-18-28)34(44)24-43(48(46,47)30-13-9-6-10-14-30)32-22-29(36(38,39)40)19-20-31(32)37/h5-20,22,26,33H,4,21,23-24H2,1-3H3,(H,41,45)/t26-,33+/m0/s1. The van der Waals surface area contributed by atoms with E-state index in [1.54, 1.807) is 30.3 Å². The van der Waals surface area contributed by atoms with Gasteiger partial charge in [-0.3, -0.25) is 13.9 Å². The first-order valence-electron chi connectivity index (χ1n) is 15.3. The van der Waals surface area contributed by atoms with Crippen LogP contribution in [-0.2, 0) is 38.8 Å². The van der Waals surface area contributed by atoms with Crippen molar-refractivity contribution in [3.63, 3.8) is 0 Å². The van der Waals surface area contributed by atoms with Gasteiger partial charge in [0.15, 0.2) is 0 Å². The predicted octanol–water partition coefficient (Wildman–Crippen LogP) is 7.42. The molecule has 0 heterocycles. The van der Waals surface area contributed by atoms with Crippen molar-refractivity contribution in [2.75, 3.05) is 10.8 Å². The van der Waals surface area contributed by atoms with Crippen molar-refractivity contribution in [3.8, 4) is 0 Å². The lowest BCUT2D eigenvalue weighted by molar-refractivity contribution is -0.140. The van der Waals surface area contributed by atoms with Crippen LogP contribution in [0.4, 0.5) is 18.9 Å². The van der Waals surface area contributed by atoms with E-state index in [4.69, 9.17) is 11.6 Å². The molecule has 0 radical (unpaired) electrons. The number of anilines is 1. The summed E-state index contributed by atoms with van der Waals surface area (Å²) >= 11 is 6.37. The second-order valence-electron chi connectivity index (χ2n) is 11.5. The largest absolute Gasteiger partial charge is 0.416 e. The summed E-state index contributed by atoms with van der Waals surface area (Å²) in [7, 11) is -4.64. The van der Waals surface area contributed by atoms with Crippen LogP contribution < -0.4 is 9.62 Å². The van der Waals surface area contributed by atoms with E-state index < -0.39 is 51.9 Å². The van der Waals surface area contributed by atoms with E-state index in [1.807, 2.05) is 51.1 Å². The number of carbonyl (C=O) groups excluding carboxylic acids is 2. The number of halogens is 4. The van der Waals surface area contributed by atoms with Gasteiger partial charge in [0, 0.05) is 19.0 Å². The summed E-state index contributed by atoms with van der Waals surface area (Å²) in [5, 5.41) is 2.63. The Labute approximate surface area is 284 Å². The molecule has 0 saturated carbocycles. The molecule has 4 aromatic rings. The van der Waals surface area contributed by atoms with E-state index in [1.165, 1.54) is 29.2 Å². The van der Waals surface area contributed by atoms with E-state index in [0.717, 1.165) is 23.3 Å². The number of amides is 2. The van der Waals surface area contributed by atoms with Crippen LogP contribution in [0.1, 0.15) is 42.5 Å². The van der Waals surface area contributed by atoms with Crippen molar-refractivity contribution in [2.45, 2.75) is 63.3 Å². The monoisotopic (exact) mass is 699 g/mol. The SMILES string of the molecule is CC[C@H](C)NC(=O)[C@@H](Cc1ccccc1)N(Cc1ccc(C)cc1)C(=O)CN(c1cc(C(F)(F)F)ccc1Cl)S(=O)(=O)c1ccccc1. The Hall–Kier alpha value is -4.35. The molecular weight excluding hydrogens is 663 g/mol. The van der Waals surface area contributed by atoms with Gasteiger partial charge >= 0.3 is 6.18 Å². The van der Waals surface area contributed by atoms with Gasteiger partial charge in [0.05, 0.1) is 21.2 Å². The molecule has 2 atom stereocenters. The third-order valence-corrected chi connectivity index (χ3v) is 9.99. The van der Waals surface area contributed by atoms with E-state index >= 15 is 0 Å². The van der Waals surface area contributed by atoms with Crippen LogP contribution in [-0.4, -0.2) is 43.8 Å². The quantitative estimate of drug-likeness (QED) is 0.157. The van der Waals surface area contributed by atoms with Crippen molar-refractivity contribution in [2.24, 2.45) is 0 Å². The molecule has 0 spiro atoms. The predicted molar refractivity (Wildman–Crippen MR) is 181 cm³/mol. The normalized spacial score (nSPS) is 13.0. The van der Waals surface area contributed by atoms with Crippen LogP contribution >= 0.6 is 11.6 Å². The van der Waals surface area contributed by atoms with E-state index in [2.05, 4.69) is 5.32 Å². The maximum Gasteiger partial charge on any atom is 0.416 e. The number of hydrogen-bond acceptors (Lipinski definition) is 4. The van der Waals surface area contributed by atoms with Crippen LogP contribution in [0.3, 0.4) is 0 Å². The zero-order valence-electron chi connectivity index (χ0n) is 26.7. The molecule has 48 heavy (non-hydrogen) atoms. The van der Waals surface area contributed by atoms with Gasteiger partial charge in [-0.15, -0.1) is 0 Å². The molecule has 0 fully saturated rings. The Morgan fingerprint density at radius 2 is 1.48 bits per heavy atom. The van der Waals surface area contributed by atoms with Crippen molar-refractivity contribution < 1.29 is 31.2 Å². The third-order valence-electron chi connectivity index (χ3n) is 7.90. The minimum Gasteiger partial charge on any atom is -0.352 e. The Bertz CT molecular complexity index is 1810. The second-order valence-corrected chi connectivity index (χ2v) is 13.8. The summed E-state index contributed by atoms with van der Waals surface area (Å²) in [6.07, 6.45) is -4.11. The van der Waals surface area contributed by atoms with Crippen LogP contribution in [0.15, 0.2) is 108 Å². The Morgan fingerprint density at radius 1 is 0.875 bits per heavy atom. The first-order valence-corrected chi connectivity index (χ1v) is 17.2. The summed E-state index contributed by atoms with van der Waals surface area (Å²) < 4.78 is 70.4. The number of carbonyl (C=O) groups is 2. The zero-order valence-corrected chi connectivity index (χ0v) is 28.3. The average Bonchev–Trinajstić information content (AvgIpc) is 3.06. The van der Waals surface area contributed by atoms with Crippen LogP contribution in [0.5, 0.6) is 0 Å². The van der Waals surface area contributed by atoms with Gasteiger partial charge in [-0.05, 0) is 61.7 Å². The first-order chi connectivity index (χ1) is 22.7. The van der Waals surface area contributed by atoms with Gasteiger partial charge < -0.3 is 10.2 Å². The minimum absolute atomic E-state index is 0.0832. The van der Waals surface area contributed by atoms with E-state index in [9.17, 15) is 31.2 Å². The van der Waals surface area contributed by atoms with Gasteiger partial charge in [0.1, 0.15) is 12.6 Å². The van der Waals surface area contributed by atoms with Crippen molar-refractivity contribution in [1.29, 1.82) is 0 Å². The minimum atomic E-state index is -4.82. The van der Waals surface area contributed by atoms with E-state index in [0.29, 0.717) is 22.4 Å². The maximum absolute atomic E-state index is 14.5. The Balaban J connectivity index is 1.87. The maximum atomic E-state index is 14.5. The van der Waals surface area contributed by atoms with Crippen molar-refractivity contribution >= 4 is 39.1 Å². The fourth-order valence-electron chi connectivity index (χ4n) is 5.00. The molecule has 0 saturated heterocycles. The molecule has 254 valence electrons. The number of rotatable bonds is 13. The highest BCUT2D eigenvalue weighted by Gasteiger charge is 2.37. The molecule has 0 aliphatic carbocycles. The number of nitrogens with zero attached hydrogens (tertiary/aromatic N) is 2. The van der Waals surface area contributed by atoms with Crippen LogP contribution in [0.2, 0.25) is 5.02 Å². The van der Waals surface area contributed by atoms with Crippen LogP contribution in [0.25, 0.3) is 0 Å². The molecule has 12 heteroatoms. The highest BCUT2D eigenvalue weighted by molar-refractivity contribution is 7.92. The summed E-state index contributed by atoms with van der Waals surface area (Å²) in [6, 6.07) is 24.3. The van der Waals surface area contributed by atoms with Gasteiger partial charge in [-0.1, -0.05) is 96.9 Å². The smallest absolute Gasteiger partial charge is 0.352 e. The highest BCUT2D eigenvalue weighted by Crippen LogP contribution is 2.37. The number of sulfonamides is 1. The highest BCUT2D eigenvalue weighted by atomic mass is 35.5. The zero-order chi connectivity index (χ0) is 35.1. The number of alkyl halides is 3. The lowest BCUT2D eigenvalue weighted by Crippen LogP contribution is -2.54. The van der Waals surface area contributed by atoms with Gasteiger partial charge in [-0.25, -0.2) is 8.42 Å². The molecular formula is C36H37ClF3N3O4S. The molecule has 0 aromatic heterocycles. The van der Waals surface area contributed by atoms with Crippen LogP contribution in [0, 0.1) is 6.92 Å². The Kier molecular flexibility index (Phi) is 11.9. The van der Waals surface area contributed by atoms with Gasteiger partial charge in [0.2, 0.25) is 11.8 Å². The fourth-order valence-corrected chi connectivity index (χ4v) is 6.71. The van der Waals surface area contributed by atoms with E-state index in [-0.39, 0.29) is 28.9 Å². The summed E-state index contributed by atoms with van der Waals surface area (Å²) in [4.78, 5) is 29.5. The topological polar surface area (TPSA) is 86.8 Å². The molecule has 1 N–H and O–H groups in total. The lowest BCUT2D eigenvalue weighted by Gasteiger charge is -2.34. The molecule has 4 aromatic carbocycles. The molecule has 7 nitrogen and oxygen atoms in total. The van der Waals surface area contributed by atoms with Gasteiger partial charge in [-0.2, -0.15) is 13.2 Å². The molecule has 0 bridgehead atoms. The summed E-state index contributed by atoms with van der Waals surface area (Å²) in [5.41, 5.74) is 0.707. The lowest BCUT2D eigenvalue weighted by atomic mass is 10.0. The number of nitrogens with one attached hydrogen (secondary N) is 1. The summed E-state index contributed by atoms with van der Waals surface area (Å²) in [6.45, 7) is 4.60. The van der Waals surface area contributed by atoms with Crippen molar-refractivity contribution in [3.05, 3.63) is 130 Å². The van der Waals surface area contributed by atoms with Crippen molar-refractivity contribution in [1.82, 2.24) is 10.2 Å². The molecule has 2 amide bonds. The number of benzene rings is 4. The third kappa shape index (κ3) is 9.17. The molecule has 0 aliphatic rings. The molecule has 0 unspecified atom stereocenters. The average molecular weight is 700 g/mol. The number of hydrogen-bond donors (Lipinski definition) is 1.